The van der Waals surface area contributed by atoms with Gasteiger partial charge in [-0.3, -0.25) is 4.79 Å². The first-order valence-electron chi connectivity index (χ1n) is 9.90. The van der Waals surface area contributed by atoms with Crippen molar-refractivity contribution in [1.29, 1.82) is 0 Å². The van der Waals surface area contributed by atoms with Crippen molar-refractivity contribution >= 4 is 11.9 Å². The highest BCUT2D eigenvalue weighted by Gasteiger charge is 2.29. The minimum Gasteiger partial charge on any atom is -0.383 e. The SMILES string of the molecule is COCCn1ccnc1[C@@H]1CCCN(C(=O)c2cc(CC(C)C)nc(N)n2)C1. The first kappa shape index (κ1) is 20.3. The number of aromatic nitrogens is 4. The molecule has 152 valence electrons. The molecule has 0 aliphatic carbocycles. The number of ether oxygens (including phenoxy) is 1. The number of nitrogen functional groups attached to an aromatic ring is 1. The molecule has 1 atom stereocenters. The molecule has 8 heteroatoms. The summed E-state index contributed by atoms with van der Waals surface area (Å²) in [6, 6.07) is 1.78. The number of likely N-dealkylation sites (tertiary alicyclic amines) is 1. The first-order valence-corrected chi connectivity index (χ1v) is 9.90. The van der Waals surface area contributed by atoms with Crippen LogP contribution in [-0.4, -0.2) is 57.1 Å². The summed E-state index contributed by atoms with van der Waals surface area (Å²) in [6.45, 7) is 6.97. The topological polar surface area (TPSA) is 99.2 Å². The van der Waals surface area contributed by atoms with Crippen molar-refractivity contribution < 1.29 is 9.53 Å². The Balaban J connectivity index is 1.75. The first-order chi connectivity index (χ1) is 13.5. The van der Waals surface area contributed by atoms with E-state index in [1.807, 2.05) is 17.3 Å². The fraction of sp³-hybridized carbons (Fsp3) is 0.600. The van der Waals surface area contributed by atoms with Crippen molar-refractivity contribution in [2.75, 3.05) is 32.5 Å². The number of hydrogen-bond donors (Lipinski definition) is 1. The number of nitrogens with two attached hydrogens (primary N) is 1. The van der Waals surface area contributed by atoms with Crippen LogP contribution >= 0.6 is 0 Å². The van der Waals surface area contributed by atoms with E-state index in [-0.39, 0.29) is 17.8 Å². The minimum atomic E-state index is -0.0844. The average molecular weight is 387 g/mol. The quantitative estimate of drug-likeness (QED) is 0.782. The molecule has 8 nitrogen and oxygen atoms in total. The number of rotatable bonds is 7. The molecule has 1 aliphatic heterocycles. The maximum absolute atomic E-state index is 13.1. The van der Waals surface area contributed by atoms with E-state index in [9.17, 15) is 4.79 Å². The van der Waals surface area contributed by atoms with Crippen LogP contribution < -0.4 is 5.73 Å². The zero-order valence-electron chi connectivity index (χ0n) is 17.0. The van der Waals surface area contributed by atoms with Gasteiger partial charge < -0.3 is 19.9 Å². The number of imidazole rings is 1. The van der Waals surface area contributed by atoms with Gasteiger partial charge in [-0.1, -0.05) is 13.8 Å². The highest BCUT2D eigenvalue weighted by molar-refractivity contribution is 5.92. The average Bonchev–Trinajstić information content (AvgIpc) is 3.13. The second kappa shape index (κ2) is 9.14. The van der Waals surface area contributed by atoms with Crippen LogP contribution in [0.4, 0.5) is 5.95 Å². The lowest BCUT2D eigenvalue weighted by Crippen LogP contribution is -2.40. The smallest absolute Gasteiger partial charge is 0.272 e. The zero-order chi connectivity index (χ0) is 20.1. The van der Waals surface area contributed by atoms with Gasteiger partial charge in [0.05, 0.1) is 6.61 Å². The van der Waals surface area contributed by atoms with Crippen molar-refractivity contribution in [2.45, 2.75) is 45.6 Å². The van der Waals surface area contributed by atoms with Gasteiger partial charge in [0, 0.05) is 50.7 Å². The monoisotopic (exact) mass is 386 g/mol. The maximum Gasteiger partial charge on any atom is 0.272 e. The van der Waals surface area contributed by atoms with Crippen LogP contribution in [0.5, 0.6) is 0 Å². The maximum atomic E-state index is 13.1. The van der Waals surface area contributed by atoms with Gasteiger partial charge in [-0.2, -0.15) is 0 Å². The van der Waals surface area contributed by atoms with Gasteiger partial charge in [0.1, 0.15) is 11.5 Å². The van der Waals surface area contributed by atoms with Crippen LogP contribution in [0.15, 0.2) is 18.5 Å². The Bertz CT molecular complexity index is 804. The number of carbonyl (C=O) groups is 1. The Morgan fingerprint density at radius 1 is 1.39 bits per heavy atom. The molecule has 3 rings (SSSR count). The third-order valence-electron chi connectivity index (χ3n) is 4.99. The molecule has 0 spiro atoms. The van der Waals surface area contributed by atoms with Crippen LogP contribution in [-0.2, 0) is 17.7 Å². The van der Waals surface area contributed by atoms with Gasteiger partial charge in [-0.05, 0) is 31.2 Å². The Kier molecular flexibility index (Phi) is 6.61. The molecule has 2 aromatic rings. The van der Waals surface area contributed by atoms with E-state index in [0.717, 1.165) is 43.9 Å². The van der Waals surface area contributed by atoms with E-state index >= 15 is 0 Å². The summed E-state index contributed by atoms with van der Waals surface area (Å²) < 4.78 is 7.30. The van der Waals surface area contributed by atoms with E-state index in [1.165, 1.54) is 0 Å². The number of anilines is 1. The highest BCUT2D eigenvalue weighted by atomic mass is 16.5. The molecule has 1 amide bonds. The summed E-state index contributed by atoms with van der Waals surface area (Å²) in [5.74, 6) is 1.72. The molecular weight excluding hydrogens is 356 g/mol. The summed E-state index contributed by atoms with van der Waals surface area (Å²) in [7, 11) is 1.69. The van der Waals surface area contributed by atoms with Crippen molar-refractivity contribution in [2.24, 2.45) is 5.92 Å². The van der Waals surface area contributed by atoms with E-state index in [2.05, 4.69) is 33.4 Å². The van der Waals surface area contributed by atoms with Gasteiger partial charge in [-0.25, -0.2) is 15.0 Å². The van der Waals surface area contributed by atoms with E-state index in [0.29, 0.717) is 24.8 Å². The lowest BCUT2D eigenvalue weighted by molar-refractivity contribution is 0.0696. The summed E-state index contributed by atoms with van der Waals surface area (Å²) in [5.41, 5.74) is 7.05. The normalized spacial score (nSPS) is 17.3. The number of nitrogens with zero attached hydrogens (tertiary/aromatic N) is 5. The summed E-state index contributed by atoms with van der Waals surface area (Å²) in [5, 5.41) is 0. The molecule has 0 bridgehead atoms. The Hall–Kier alpha value is -2.48. The standard InChI is InChI=1S/C20H30N6O2/c1-14(2)11-16-12-17(24-20(21)23-16)19(27)26-7-4-5-15(13-26)18-22-6-8-25(18)9-10-28-3/h6,8,12,14-15H,4-5,7,9-11,13H2,1-3H3,(H2,21,23,24)/t15-/m1/s1. The molecule has 2 N–H and O–H groups in total. The number of carbonyl (C=O) groups excluding carboxylic acids is 1. The number of amides is 1. The predicted octanol–water partition coefficient (Wildman–Crippen LogP) is 2.12. The minimum absolute atomic E-state index is 0.0844. The van der Waals surface area contributed by atoms with Crippen molar-refractivity contribution in [3.63, 3.8) is 0 Å². The lowest BCUT2D eigenvalue weighted by atomic mass is 9.96. The molecule has 0 unspecified atom stereocenters. The molecule has 3 heterocycles. The van der Waals surface area contributed by atoms with Crippen LogP contribution in [0.1, 0.15) is 54.6 Å². The molecule has 1 fully saturated rings. The van der Waals surface area contributed by atoms with Crippen LogP contribution in [0.25, 0.3) is 0 Å². The molecule has 28 heavy (non-hydrogen) atoms. The lowest BCUT2D eigenvalue weighted by Gasteiger charge is -2.32. The van der Waals surface area contributed by atoms with E-state index in [1.54, 1.807) is 13.2 Å². The van der Waals surface area contributed by atoms with Crippen LogP contribution in [0.3, 0.4) is 0 Å². The summed E-state index contributed by atoms with van der Waals surface area (Å²) in [6.07, 6.45) is 6.51. The fourth-order valence-corrected chi connectivity index (χ4v) is 3.74. The predicted molar refractivity (Wildman–Crippen MR) is 107 cm³/mol. The Morgan fingerprint density at radius 2 is 2.21 bits per heavy atom. The van der Waals surface area contributed by atoms with Crippen LogP contribution in [0.2, 0.25) is 0 Å². The largest absolute Gasteiger partial charge is 0.383 e. The molecule has 0 saturated carbocycles. The summed E-state index contributed by atoms with van der Waals surface area (Å²) >= 11 is 0. The van der Waals surface area contributed by atoms with Gasteiger partial charge in [0.25, 0.3) is 5.91 Å². The summed E-state index contributed by atoms with van der Waals surface area (Å²) in [4.78, 5) is 28.0. The second-order valence-electron chi connectivity index (χ2n) is 7.76. The molecule has 1 aliphatic rings. The number of piperidine rings is 1. The van der Waals surface area contributed by atoms with E-state index < -0.39 is 0 Å². The van der Waals surface area contributed by atoms with Gasteiger partial charge in [-0.15, -0.1) is 0 Å². The molecule has 0 aromatic carbocycles. The zero-order valence-corrected chi connectivity index (χ0v) is 17.0. The molecule has 0 radical (unpaired) electrons. The third-order valence-corrected chi connectivity index (χ3v) is 4.99. The van der Waals surface area contributed by atoms with Gasteiger partial charge in [0.2, 0.25) is 5.95 Å². The van der Waals surface area contributed by atoms with Gasteiger partial charge >= 0.3 is 0 Å². The van der Waals surface area contributed by atoms with Crippen LogP contribution in [0, 0.1) is 5.92 Å². The second-order valence-corrected chi connectivity index (χ2v) is 7.76. The van der Waals surface area contributed by atoms with Crippen molar-refractivity contribution in [1.82, 2.24) is 24.4 Å². The molecular formula is C20H30N6O2. The molecule has 1 saturated heterocycles. The number of hydrogen-bond acceptors (Lipinski definition) is 6. The van der Waals surface area contributed by atoms with Crippen molar-refractivity contribution in [3.8, 4) is 0 Å². The Morgan fingerprint density at radius 3 is 2.96 bits per heavy atom. The Labute approximate surface area is 166 Å². The van der Waals surface area contributed by atoms with Gasteiger partial charge in [0.15, 0.2) is 0 Å². The van der Waals surface area contributed by atoms with E-state index in [4.69, 9.17) is 10.5 Å². The number of methoxy groups -OCH3 is 1. The fourth-order valence-electron chi connectivity index (χ4n) is 3.74. The highest BCUT2D eigenvalue weighted by Crippen LogP contribution is 2.27. The molecule has 2 aromatic heterocycles. The third kappa shape index (κ3) is 4.86. The van der Waals surface area contributed by atoms with Crippen molar-refractivity contribution in [3.05, 3.63) is 35.7 Å².